The van der Waals surface area contributed by atoms with Crippen LogP contribution in [-0.2, 0) is 14.8 Å². The van der Waals surface area contributed by atoms with Crippen LogP contribution < -0.4 is 0 Å². The Kier molecular flexibility index (Phi) is 5.86. The molecule has 148 valence electrons. The lowest BCUT2D eigenvalue weighted by molar-refractivity contribution is -0.141. The van der Waals surface area contributed by atoms with Gasteiger partial charge in [-0.1, -0.05) is 25.3 Å². The molecule has 2 fully saturated rings. The molecule has 0 aromatic heterocycles. The summed E-state index contributed by atoms with van der Waals surface area (Å²) >= 11 is 0. The summed E-state index contributed by atoms with van der Waals surface area (Å²) < 4.78 is 27.4. The molecule has 8 heteroatoms. The van der Waals surface area contributed by atoms with Crippen molar-refractivity contribution in [1.29, 1.82) is 0 Å². The molecular weight excluding hydrogens is 368 g/mol. The van der Waals surface area contributed by atoms with Gasteiger partial charge in [-0.2, -0.15) is 4.31 Å². The monoisotopic (exact) mass is 394 g/mol. The molecule has 0 spiro atoms. The van der Waals surface area contributed by atoms with Crippen LogP contribution in [0.1, 0.15) is 55.3 Å². The van der Waals surface area contributed by atoms with Crippen LogP contribution in [-0.4, -0.2) is 60.3 Å². The topological polar surface area (TPSA) is 95.0 Å². The van der Waals surface area contributed by atoms with Gasteiger partial charge in [0.05, 0.1) is 4.90 Å². The molecule has 2 aliphatic rings. The van der Waals surface area contributed by atoms with Crippen LogP contribution in [0.2, 0.25) is 0 Å². The third-order valence-corrected chi connectivity index (χ3v) is 7.55. The van der Waals surface area contributed by atoms with Gasteiger partial charge < -0.3 is 10.0 Å². The Balaban J connectivity index is 1.84. The first-order chi connectivity index (χ1) is 12.8. The van der Waals surface area contributed by atoms with Gasteiger partial charge in [0, 0.05) is 25.2 Å². The van der Waals surface area contributed by atoms with E-state index < -0.39 is 27.9 Å². The number of hydrogen-bond acceptors (Lipinski definition) is 4. The number of aliphatic carboxylic acids is 1. The van der Waals surface area contributed by atoms with Crippen molar-refractivity contribution in [3.63, 3.8) is 0 Å². The minimum Gasteiger partial charge on any atom is -0.480 e. The predicted molar refractivity (Wildman–Crippen MR) is 100.0 cm³/mol. The Morgan fingerprint density at radius 2 is 1.81 bits per heavy atom. The summed E-state index contributed by atoms with van der Waals surface area (Å²) in [6, 6.07) is 5.08. The average molecular weight is 394 g/mol. The number of rotatable bonds is 5. The summed E-state index contributed by atoms with van der Waals surface area (Å²) in [7, 11) is -2.10. The molecule has 1 aromatic carbocycles. The summed E-state index contributed by atoms with van der Waals surface area (Å²) in [5.74, 6) is -1.46. The summed E-state index contributed by atoms with van der Waals surface area (Å²) in [6.45, 7) is 0.370. The maximum Gasteiger partial charge on any atom is 0.326 e. The zero-order valence-corrected chi connectivity index (χ0v) is 16.3. The molecular formula is C19H26N2O5S. The quantitative estimate of drug-likeness (QED) is 0.827. The Hall–Kier alpha value is -1.93. The molecule has 0 unspecified atom stereocenters. The van der Waals surface area contributed by atoms with Crippen LogP contribution in [0, 0.1) is 0 Å². The molecule has 1 aliphatic heterocycles. The lowest BCUT2D eigenvalue weighted by Gasteiger charge is -2.30. The molecule has 0 radical (unpaired) electrons. The van der Waals surface area contributed by atoms with E-state index >= 15 is 0 Å². The lowest BCUT2D eigenvalue weighted by Crippen LogP contribution is -2.40. The Labute approximate surface area is 160 Å². The highest BCUT2D eigenvalue weighted by Gasteiger charge is 2.35. The molecule has 3 rings (SSSR count). The van der Waals surface area contributed by atoms with Gasteiger partial charge in [0.2, 0.25) is 10.0 Å². The van der Waals surface area contributed by atoms with Crippen molar-refractivity contribution in [2.24, 2.45) is 0 Å². The number of likely N-dealkylation sites (tertiary alicyclic amines) is 1. The smallest absolute Gasteiger partial charge is 0.326 e. The Morgan fingerprint density at radius 1 is 1.11 bits per heavy atom. The van der Waals surface area contributed by atoms with E-state index in [2.05, 4.69) is 0 Å². The predicted octanol–water partition coefficient (Wildman–Crippen LogP) is 2.33. The van der Waals surface area contributed by atoms with Crippen LogP contribution in [0.4, 0.5) is 0 Å². The minimum absolute atomic E-state index is 0.0157. The molecule has 27 heavy (non-hydrogen) atoms. The van der Waals surface area contributed by atoms with Gasteiger partial charge in [-0.05, 0) is 43.9 Å². The van der Waals surface area contributed by atoms with Crippen molar-refractivity contribution in [1.82, 2.24) is 9.21 Å². The number of carboxylic acids is 1. The normalized spacial score (nSPS) is 21.6. The number of carboxylic acid groups (broad SMARTS) is 1. The first-order valence-corrected chi connectivity index (χ1v) is 10.9. The zero-order valence-electron chi connectivity index (χ0n) is 15.5. The van der Waals surface area contributed by atoms with Crippen molar-refractivity contribution >= 4 is 21.9 Å². The minimum atomic E-state index is -3.70. The van der Waals surface area contributed by atoms with Crippen LogP contribution in [0.25, 0.3) is 0 Å². The second-order valence-electron chi connectivity index (χ2n) is 7.34. The van der Waals surface area contributed by atoms with Gasteiger partial charge >= 0.3 is 5.97 Å². The van der Waals surface area contributed by atoms with Crippen molar-refractivity contribution < 1.29 is 23.1 Å². The van der Waals surface area contributed by atoms with Gasteiger partial charge in [0.25, 0.3) is 5.91 Å². The summed E-state index contributed by atoms with van der Waals surface area (Å²) in [4.78, 5) is 25.5. The highest BCUT2D eigenvalue weighted by atomic mass is 32.2. The fourth-order valence-corrected chi connectivity index (χ4v) is 5.49. The van der Waals surface area contributed by atoms with Crippen molar-refractivity contribution in [2.75, 3.05) is 13.6 Å². The SMILES string of the molecule is CN(C1CCCCC1)S(=O)(=O)c1cccc(C(=O)N2CCC[C@@H]2C(=O)O)c1. The number of carbonyl (C=O) groups excluding carboxylic acids is 1. The second kappa shape index (κ2) is 7.98. The van der Waals surface area contributed by atoms with Crippen LogP contribution in [0.3, 0.4) is 0 Å². The number of hydrogen-bond donors (Lipinski definition) is 1. The second-order valence-corrected chi connectivity index (χ2v) is 9.33. The van der Waals surface area contributed by atoms with E-state index in [0.717, 1.165) is 32.1 Å². The maximum absolute atomic E-state index is 13.0. The number of nitrogens with zero attached hydrogens (tertiary/aromatic N) is 2. The molecule has 1 N–H and O–H groups in total. The van der Waals surface area contributed by atoms with Crippen molar-refractivity contribution in [3.05, 3.63) is 29.8 Å². The van der Waals surface area contributed by atoms with E-state index in [1.54, 1.807) is 19.2 Å². The molecule has 1 aromatic rings. The largest absolute Gasteiger partial charge is 0.480 e. The van der Waals surface area contributed by atoms with E-state index in [1.807, 2.05) is 0 Å². The molecule has 1 atom stereocenters. The number of carbonyl (C=O) groups is 2. The molecule has 1 saturated heterocycles. The molecule has 1 amide bonds. The number of sulfonamides is 1. The number of amides is 1. The highest BCUT2D eigenvalue weighted by Crippen LogP contribution is 2.27. The van der Waals surface area contributed by atoms with Crippen molar-refractivity contribution in [2.45, 2.75) is 61.9 Å². The zero-order chi connectivity index (χ0) is 19.6. The van der Waals surface area contributed by atoms with Gasteiger partial charge in [-0.3, -0.25) is 4.79 Å². The molecule has 1 saturated carbocycles. The first kappa shape index (κ1) is 19.8. The summed E-state index contributed by atoms with van der Waals surface area (Å²) in [6.07, 6.45) is 5.93. The van der Waals surface area contributed by atoms with E-state index in [4.69, 9.17) is 0 Å². The van der Waals surface area contributed by atoms with E-state index in [1.165, 1.54) is 21.3 Å². The number of benzene rings is 1. The van der Waals surface area contributed by atoms with Gasteiger partial charge in [-0.15, -0.1) is 0 Å². The van der Waals surface area contributed by atoms with Gasteiger partial charge in [0.1, 0.15) is 6.04 Å². The lowest BCUT2D eigenvalue weighted by atomic mass is 9.96. The summed E-state index contributed by atoms with van der Waals surface area (Å²) in [5, 5.41) is 9.28. The van der Waals surface area contributed by atoms with Crippen LogP contribution in [0.5, 0.6) is 0 Å². The van der Waals surface area contributed by atoms with Crippen LogP contribution >= 0.6 is 0 Å². The fourth-order valence-electron chi connectivity index (χ4n) is 4.03. The Bertz CT molecular complexity index is 817. The van der Waals surface area contributed by atoms with Gasteiger partial charge in [-0.25, -0.2) is 13.2 Å². The maximum atomic E-state index is 13.0. The average Bonchev–Trinajstić information content (AvgIpc) is 3.17. The Morgan fingerprint density at radius 3 is 2.48 bits per heavy atom. The van der Waals surface area contributed by atoms with E-state index in [-0.39, 0.29) is 16.5 Å². The van der Waals surface area contributed by atoms with Crippen LogP contribution in [0.15, 0.2) is 29.2 Å². The molecule has 7 nitrogen and oxygen atoms in total. The summed E-state index contributed by atoms with van der Waals surface area (Å²) in [5.41, 5.74) is 0.210. The molecule has 1 aliphatic carbocycles. The fraction of sp³-hybridized carbons (Fsp3) is 0.579. The highest BCUT2D eigenvalue weighted by molar-refractivity contribution is 7.89. The van der Waals surface area contributed by atoms with Crippen molar-refractivity contribution in [3.8, 4) is 0 Å². The third-order valence-electron chi connectivity index (χ3n) is 5.65. The standard InChI is InChI=1S/C19H26N2O5S/c1-20(15-8-3-2-4-9-15)27(25,26)16-10-5-7-14(13-16)18(22)21-12-6-11-17(21)19(23)24/h5,7,10,13,15,17H,2-4,6,8-9,11-12H2,1H3,(H,23,24)/t17-/m1/s1. The first-order valence-electron chi connectivity index (χ1n) is 9.44. The van der Waals surface area contributed by atoms with E-state index in [0.29, 0.717) is 19.4 Å². The van der Waals surface area contributed by atoms with E-state index in [9.17, 15) is 23.1 Å². The van der Waals surface area contributed by atoms with Gasteiger partial charge in [0.15, 0.2) is 0 Å². The molecule has 0 bridgehead atoms. The third kappa shape index (κ3) is 4.01. The molecule has 1 heterocycles.